The van der Waals surface area contributed by atoms with Crippen molar-refractivity contribution < 1.29 is 13.2 Å². The molecule has 1 aromatic carbocycles. The molecule has 0 radical (unpaired) electrons. The summed E-state index contributed by atoms with van der Waals surface area (Å²) < 4.78 is 39.8. The van der Waals surface area contributed by atoms with E-state index in [-0.39, 0.29) is 30.5 Å². The number of aryl methyl sites for hydroxylation is 1. The van der Waals surface area contributed by atoms with Crippen molar-refractivity contribution >= 4 is 52.3 Å². The maximum atomic E-state index is 12.6. The van der Waals surface area contributed by atoms with Crippen molar-refractivity contribution in [3.05, 3.63) is 46.7 Å². The highest BCUT2D eigenvalue weighted by molar-refractivity contribution is 14.0. The highest BCUT2D eigenvalue weighted by Crippen LogP contribution is 2.29. The van der Waals surface area contributed by atoms with Crippen molar-refractivity contribution in [1.29, 1.82) is 0 Å². The molecular weight excluding hydrogens is 504 g/mol. The van der Waals surface area contributed by atoms with E-state index in [0.717, 1.165) is 40.7 Å². The number of aliphatic imine (C=N–C) groups is 1. The number of alkyl halides is 3. The number of rotatable bonds is 6. The molecule has 2 heterocycles. The number of halogens is 4. The van der Waals surface area contributed by atoms with E-state index in [0.29, 0.717) is 17.5 Å². The first-order chi connectivity index (χ1) is 13.0. The summed E-state index contributed by atoms with van der Waals surface area (Å²) in [6, 6.07) is 7.93. The average Bonchev–Trinajstić information content (AvgIpc) is 3.28. The van der Waals surface area contributed by atoms with Crippen molar-refractivity contribution in [3.63, 3.8) is 0 Å². The summed E-state index contributed by atoms with van der Waals surface area (Å²) in [5, 5.41) is 7.49. The topological polar surface area (TPSA) is 67.1 Å². The number of aromatic nitrogens is 3. The van der Waals surface area contributed by atoms with Gasteiger partial charge in [-0.05, 0) is 18.6 Å². The molecule has 0 saturated carbocycles. The van der Waals surface area contributed by atoms with Gasteiger partial charge in [0.15, 0.2) is 11.7 Å². The Labute approximate surface area is 181 Å². The van der Waals surface area contributed by atoms with Crippen molar-refractivity contribution in [2.75, 3.05) is 13.6 Å². The summed E-state index contributed by atoms with van der Waals surface area (Å²) in [7, 11) is 1.61. The number of hydrogen-bond acceptors (Lipinski definition) is 4. The van der Waals surface area contributed by atoms with Crippen molar-refractivity contribution in [3.8, 4) is 0 Å². The first kappa shape index (κ1) is 22.4. The van der Waals surface area contributed by atoms with Crippen LogP contribution in [-0.2, 0) is 19.3 Å². The van der Waals surface area contributed by atoms with Gasteiger partial charge in [-0.2, -0.15) is 13.2 Å². The Morgan fingerprint density at radius 3 is 2.75 bits per heavy atom. The Bertz CT molecular complexity index is 921. The molecule has 0 atom stereocenters. The summed E-state index contributed by atoms with van der Waals surface area (Å²) in [6.07, 6.45) is -1.75. The average molecular weight is 524 g/mol. The predicted molar refractivity (Wildman–Crippen MR) is 115 cm³/mol. The molecule has 0 fully saturated rings. The first-order valence-corrected chi connectivity index (χ1v) is 9.21. The molecule has 3 aromatic rings. The van der Waals surface area contributed by atoms with Gasteiger partial charge in [0.05, 0.1) is 23.9 Å². The van der Waals surface area contributed by atoms with E-state index in [1.54, 1.807) is 7.05 Å². The third-order valence-electron chi connectivity index (χ3n) is 3.87. The van der Waals surface area contributed by atoms with Crippen molar-refractivity contribution in [1.82, 2.24) is 25.2 Å². The summed E-state index contributed by atoms with van der Waals surface area (Å²) in [4.78, 5) is 12.0. The standard InChI is InChI=1S/C17H19F3N6S.HI/c1-21-16(23-9-15-25-14(10-27-15)17(18,19)20)22-7-4-8-26-11-24-12-5-2-3-6-13(12)26;/h2-3,5-6,10-11H,4,7-9H2,1H3,(H2,21,22,23);1H. The zero-order valence-electron chi connectivity index (χ0n) is 15.0. The van der Waals surface area contributed by atoms with Crippen LogP contribution in [0.4, 0.5) is 13.2 Å². The predicted octanol–water partition coefficient (Wildman–Crippen LogP) is 3.88. The normalized spacial score (nSPS) is 12.1. The summed E-state index contributed by atoms with van der Waals surface area (Å²) >= 11 is 0.970. The summed E-state index contributed by atoms with van der Waals surface area (Å²) in [6.45, 7) is 1.65. The Hall–Kier alpha value is -1.89. The lowest BCUT2D eigenvalue weighted by atomic mass is 10.3. The quantitative estimate of drug-likeness (QED) is 0.222. The third-order valence-corrected chi connectivity index (χ3v) is 4.72. The summed E-state index contributed by atoms with van der Waals surface area (Å²) in [5.74, 6) is 0.522. The number of thiazole rings is 1. The smallest absolute Gasteiger partial charge is 0.356 e. The van der Waals surface area contributed by atoms with Gasteiger partial charge in [0.25, 0.3) is 0 Å². The van der Waals surface area contributed by atoms with Gasteiger partial charge in [0, 0.05) is 25.5 Å². The molecule has 0 bridgehead atoms. The van der Waals surface area contributed by atoms with Crippen LogP contribution in [0.3, 0.4) is 0 Å². The molecule has 11 heteroatoms. The lowest BCUT2D eigenvalue weighted by Gasteiger charge is -2.11. The number of para-hydroxylation sites is 2. The van der Waals surface area contributed by atoms with Crippen LogP contribution in [-0.4, -0.2) is 34.1 Å². The minimum Gasteiger partial charge on any atom is -0.356 e. The van der Waals surface area contributed by atoms with Crippen LogP contribution < -0.4 is 10.6 Å². The fourth-order valence-electron chi connectivity index (χ4n) is 2.55. The molecule has 2 aromatic heterocycles. The lowest BCUT2D eigenvalue weighted by Crippen LogP contribution is -2.37. The maximum Gasteiger partial charge on any atom is 0.434 e. The molecule has 0 aliphatic rings. The minimum absolute atomic E-state index is 0. The molecule has 0 amide bonds. The second kappa shape index (κ2) is 10.0. The van der Waals surface area contributed by atoms with Crippen LogP contribution in [0.5, 0.6) is 0 Å². The van der Waals surface area contributed by atoms with Gasteiger partial charge in [0.1, 0.15) is 5.01 Å². The fourth-order valence-corrected chi connectivity index (χ4v) is 3.29. The number of fused-ring (bicyclic) bond motifs is 1. The first-order valence-electron chi connectivity index (χ1n) is 8.33. The Morgan fingerprint density at radius 2 is 2.04 bits per heavy atom. The van der Waals surface area contributed by atoms with Gasteiger partial charge < -0.3 is 15.2 Å². The Morgan fingerprint density at radius 1 is 1.25 bits per heavy atom. The van der Waals surface area contributed by atoms with E-state index in [1.165, 1.54) is 0 Å². The van der Waals surface area contributed by atoms with Crippen LogP contribution in [0.2, 0.25) is 0 Å². The second-order valence-electron chi connectivity index (χ2n) is 5.76. The van der Waals surface area contributed by atoms with Gasteiger partial charge in [-0.15, -0.1) is 35.3 Å². The second-order valence-corrected chi connectivity index (χ2v) is 6.70. The molecule has 3 rings (SSSR count). The SMILES string of the molecule is CN=C(NCCCn1cnc2ccccc21)NCc1nc(C(F)(F)F)cs1.I. The molecule has 0 spiro atoms. The molecular formula is C17H20F3IN6S. The number of benzene rings is 1. The monoisotopic (exact) mass is 524 g/mol. The molecule has 2 N–H and O–H groups in total. The summed E-state index contributed by atoms with van der Waals surface area (Å²) in [5.41, 5.74) is 1.19. The van der Waals surface area contributed by atoms with Crippen LogP contribution in [0.15, 0.2) is 41.0 Å². The van der Waals surface area contributed by atoms with Gasteiger partial charge in [0.2, 0.25) is 0 Å². The van der Waals surface area contributed by atoms with Crippen LogP contribution in [0.25, 0.3) is 11.0 Å². The number of nitrogens with one attached hydrogen (secondary N) is 2. The fraction of sp³-hybridized carbons (Fsp3) is 0.353. The van der Waals surface area contributed by atoms with Crippen LogP contribution in [0, 0.1) is 0 Å². The van der Waals surface area contributed by atoms with E-state index >= 15 is 0 Å². The van der Waals surface area contributed by atoms with Gasteiger partial charge in [-0.25, -0.2) is 9.97 Å². The number of imidazole rings is 1. The van der Waals surface area contributed by atoms with E-state index in [2.05, 4.69) is 30.2 Å². The molecule has 0 aliphatic heterocycles. The largest absolute Gasteiger partial charge is 0.434 e. The van der Waals surface area contributed by atoms with Gasteiger partial charge in [-0.1, -0.05) is 12.1 Å². The van der Waals surface area contributed by atoms with E-state index in [4.69, 9.17) is 0 Å². The van der Waals surface area contributed by atoms with Gasteiger partial charge >= 0.3 is 6.18 Å². The van der Waals surface area contributed by atoms with E-state index in [1.807, 2.05) is 30.6 Å². The molecule has 28 heavy (non-hydrogen) atoms. The molecule has 6 nitrogen and oxygen atoms in total. The molecule has 152 valence electrons. The minimum atomic E-state index is -4.41. The van der Waals surface area contributed by atoms with Crippen LogP contribution >= 0.6 is 35.3 Å². The number of hydrogen-bond donors (Lipinski definition) is 2. The van der Waals surface area contributed by atoms with E-state index in [9.17, 15) is 13.2 Å². The molecule has 0 saturated heterocycles. The number of nitrogens with zero attached hydrogens (tertiary/aromatic N) is 4. The van der Waals surface area contributed by atoms with Gasteiger partial charge in [-0.3, -0.25) is 4.99 Å². The number of guanidine groups is 1. The lowest BCUT2D eigenvalue weighted by molar-refractivity contribution is -0.140. The Balaban J connectivity index is 0.00000280. The molecule has 0 aliphatic carbocycles. The van der Waals surface area contributed by atoms with E-state index < -0.39 is 11.9 Å². The zero-order valence-corrected chi connectivity index (χ0v) is 18.2. The van der Waals surface area contributed by atoms with Crippen molar-refractivity contribution in [2.24, 2.45) is 4.99 Å². The van der Waals surface area contributed by atoms with Crippen LogP contribution in [0.1, 0.15) is 17.1 Å². The highest BCUT2D eigenvalue weighted by atomic mass is 127. The Kier molecular flexibility index (Phi) is 8.04. The zero-order chi connectivity index (χ0) is 19.3. The highest BCUT2D eigenvalue weighted by Gasteiger charge is 2.33. The van der Waals surface area contributed by atoms with Crippen molar-refractivity contribution in [2.45, 2.75) is 25.7 Å². The molecule has 0 unspecified atom stereocenters. The maximum absolute atomic E-state index is 12.6. The third kappa shape index (κ3) is 5.80.